The van der Waals surface area contributed by atoms with Crippen LogP contribution >= 0.6 is 0 Å². The Morgan fingerprint density at radius 3 is 2.65 bits per heavy atom. The lowest BCUT2D eigenvalue weighted by Crippen LogP contribution is -2.28. The fourth-order valence-electron chi connectivity index (χ4n) is 2.18. The zero-order valence-electron chi connectivity index (χ0n) is 12.6. The highest BCUT2D eigenvalue weighted by atomic mass is 16.5. The summed E-state index contributed by atoms with van der Waals surface area (Å²) >= 11 is 0. The molecule has 0 aliphatic heterocycles. The molecule has 23 heavy (non-hydrogen) atoms. The number of carbonyl (C=O) groups is 1. The normalized spacial score (nSPS) is 10.3. The molecule has 2 aromatic carbocycles. The molecule has 0 aliphatic rings. The van der Waals surface area contributed by atoms with Gasteiger partial charge >= 0.3 is 0 Å². The predicted molar refractivity (Wildman–Crippen MR) is 87.3 cm³/mol. The minimum absolute atomic E-state index is 0.0292. The number of imidazole rings is 1. The Labute approximate surface area is 134 Å². The first-order chi connectivity index (χ1) is 11.3. The molecule has 3 aromatic rings. The lowest BCUT2D eigenvalue weighted by Gasteiger charge is -2.12. The van der Waals surface area contributed by atoms with Gasteiger partial charge in [0.2, 0.25) is 0 Å². The molecule has 116 valence electrons. The lowest BCUT2D eigenvalue weighted by atomic mass is 10.2. The Kier molecular flexibility index (Phi) is 4.69. The van der Waals surface area contributed by atoms with Crippen LogP contribution in [0.4, 0.5) is 0 Å². The van der Waals surface area contributed by atoms with Crippen molar-refractivity contribution in [2.24, 2.45) is 0 Å². The van der Waals surface area contributed by atoms with Crippen molar-refractivity contribution in [3.8, 4) is 11.4 Å². The first-order valence-electron chi connectivity index (χ1n) is 7.34. The van der Waals surface area contributed by atoms with E-state index in [1.807, 2.05) is 65.4 Å². The van der Waals surface area contributed by atoms with Crippen molar-refractivity contribution in [1.29, 1.82) is 0 Å². The van der Waals surface area contributed by atoms with Gasteiger partial charge in [-0.1, -0.05) is 42.5 Å². The summed E-state index contributed by atoms with van der Waals surface area (Å²) in [5.74, 6) is 0.481. The number of nitrogens with zero attached hydrogens (tertiary/aromatic N) is 2. The number of nitrogens with one attached hydrogen (secondary N) is 1. The molecule has 1 aromatic heterocycles. The zero-order valence-corrected chi connectivity index (χ0v) is 12.6. The molecule has 5 nitrogen and oxygen atoms in total. The Morgan fingerprint density at radius 1 is 1.09 bits per heavy atom. The molecule has 0 atom stereocenters. The minimum Gasteiger partial charge on any atom is -0.482 e. The highest BCUT2D eigenvalue weighted by molar-refractivity contribution is 5.77. The van der Waals surface area contributed by atoms with Gasteiger partial charge in [0.1, 0.15) is 5.75 Å². The lowest BCUT2D eigenvalue weighted by molar-refractivity contribution is -0.123. The Bertz CT molecular complexity index is 755. The van der Waals surface area contributed by atoms with Crippen LogP contribution in [0.2, 0.25) is 0 Å². The molecule has 1 heterocycles. The number of para-hydroxylation sites is 2. The molecule has 1 N–H and O–H groups in total. The SMILES string of the molecule is O=C(COc1ccccc1-n1ccnc1)NCc1ccccc1. The maximum atomic E-state index is 11.9. The number of carbonyl (C=O) groups excluding carboxylic acids is 1. The standard InChI is InChI=1S/C18H17N3O2/c22-18(20-12-15-6-2-1-3-7-15)13-23-17-9-5-4-8-16(17)21-11-10-19-14-21/h1-11,14H,12-13H2,(H,20,22). The van der Waals surface area contributed by atoms with Crippen LogP contribution < -0.4 is 10.1 Å². The molecule has 0 bridgehead atoms. The van der Waals surface area contributed by atoms with E-state index in [4.69, 9.17) is 4.74 Å². The number of rotatable bonds is 6. The van der Waals surface area contributed by atoms with Crippen molar-refractivity contribution >= 4 is 5.91 Å². The summed E-state index contributed by atoms with van der Waals surface area (Å²) in [6.07, 6.45) is 5.22. The van der Waals surface area contributed by atoms with Crippen LogP contribution in [0.25, 0.3) is 5.69 Å². The van der Waals surface area contributed by atoms with Crippen LogP contribution in [0.5, 0.6) is 5.75 Å². The van der Waals surface area contributed by atoms with Crippen molar-refractivity contribution in [1.82, 2.24) is 14.9 Å². The largest absolute Gasteiger partial charge is 0.482 e. The molecule has 1 amide bonds. The van der Waals surface area contributed by atoms with E-state index in [1.54, 1.807) is 12.5 Å². The second-order valence-electron chi connectivity index (χ2n) is 4.99. The van der Waals surface area contributed by atoms with Crippen LogP contribution in [0.3, 0.4) is 0 Å². The Hall–Kier alpha value is -3.08. The van der Waals surface area contributed by atoms with E-state index in [0.29, 0.717) is 12.3 Å². The van der Waals surface area contributed by atoms with Crippen molar-refractivity contribution in [2.75, 3.05) is 6.61 Å². The number of hydrogen-bond acceptors (Lipinski definition) is 3. The molecule has 0 spiro atoms. The van der Waals surface area contributed by atoms with Crippen LogP contribution in [0.1, 0.15) is 5.56 Å². The van der Waals surface area contributed by atoms with Gasteiger partial charge in [0.15, 0.2) is 6.61 Å². The van der Waals surface area contributed by atoms with Gasteiger partial charge in [0.25, 0.3) is 5.91 Å². The molecule has 0 saturated heterocycles. The Morgan fingerprint density at radius 2 is 1.87 bits per heavy atom. The maximum Gasteiger partial charge on any atom is 0.258 e. The van der Waals surface area contributed by atoms with E-state index >= 15 is 0 Å². The summed E-state index contributed by atoms with van der Waals surface area (Å²) in [5.41, 5.74) is 1.90. The molecule has 0 fully saturated rings. The van der Waals surface area contributed by atoms with E-state index in [0.717, 1.165) is 11.3 Å². The van der Waals surface area contributed by atoms with Crippen LogP contribution in [-0.4, -0.2) is 22.1 Å². The first-order valence-corrected chi connectivity index (χ1v) is 7.34. The average Bonchev–Trinajstić information content (AvgIpc) is 3.14. The van der Waals surface area contributed by atoms with E-state index in [-0.39, 0.29) is 12.5 Å². The number of ether oxygens (including phenoxy) is 1. The molecule has 0 radical (unpaired) electrons. The van der Waals surface area contributed by atoms with Gasteiger partial charge in [-0.2, -0.15) is 0 Å². The second kappa shape index (κ2) is 7.26. The van der Waals surface area contributed by atoms with E-state index in [2.05, 4.69) is 10.3 Å². The zero-order chi connectivity index (χ0) is 15.9. The number of aromatic nitrogens is 2. The molecular weight excluding hydrogens is 290 g/mol. The molecule has 0 saturated carbocycles. The second-order valence-corrected chi connectivity index (χ2v) is 4.99. The quantitative estimate of drug-likeness (QED) is 0.761. The van der Waals surface area contributed by atoms with Gasteiger partial charge in [-0.3, -0.25) is 4.79 Å². The highest BCUT2D eigenvalue weighted by Gasteiger charge is 2.07. The molecule has 3 rings (SSSR count). The molecule has 5 heteroatoms. The van der Waals surface area contributed by atoms with Gasteiger partial charge in [0.05, 0.1) is 12.0 Å². The third kappa shape index (κ3) is 3.97. The third-order valence-corrected chi connectivity index (χ3v) is 3.34. The van der Waals surface area contributed by atoms with Crippen molar-refractivity contribution < 1.29 is 9.53 Å². The fourth-order valence-corrected chi connectivity index (χ4v) is 2.18. The van der Waals surface area contributed by atoms with Gasteiger partial charge in [-0.25, -0.2) is 4.98 Å². The summed E-state index contributed by atoms with van der Waals surface area (Å²) in [6, 6.07) is 17.3. The topological polar surface area (TPSA) is 56.2 Å². The smallest absolute Gasteiger partial charge is 0.258 e. The number of amides is 1. The van der Waals surface area contributed by atoms with E-state index in [9.17, 15) is 4.79 Å². The van der Waals surface area contributed by atoms with Crippen molar-refractivity contribution in [2.45, 2.75) is 6.54 Å². The van der Waals surface area contributed by atoms with Crippen molar-refractivity contribution in [3.05, 3.63) is 78.9 Å². The average molecular weight is 307 g/mol. The number of hydrogen-bond donors (Lipinski definition) is 1. The third-order valence-electron chi connectivity index (χ3n) is 3.34. The predicted octanol–water partition coefficient (Wildman–Crippen LogP) is 2.57. The van der Waals surface area contributed by atoms with Gasteiger partial charge in [-0.15, -0.1) is 0 Å². The highest BCUT2D eigenvalue weighted by Crippen LogP contribution is 2.21. The summed E-state index contributed by atoms with van der Waals surface area (Å²) in [7, 11) is 0. The molecule has 0 unspecified atom stereocenters. The molecular formula is C18H17N3O2. The Balaban J connectivity index is 1.57. The monoisotopic (exact) mass is 307 g/mol. The van der Waals surface area contributed by atoms with E-state index in [1.165, 1.54) is 0 Å². The minimum atomic E-state index is -0.158. The summed E-state index contributed by atoms with van der Waals surface area (Å²) in [6.45, 7) is 0.463. The maximum absolute atomic E-state index is 11.9. The summed E-state index contributed by atoms with van der Waals surface area (Å²) < 4.78 is 7.49. The van der Waals surface area contributed by atoms with Crippen molar-refractivity contribution in [3.63, 3.8) is 0 Å². The number of benzene rings is 2. The first kappa shape index (κ1) is 14.8. The van der Waals surface area contributed by atoms with Crippen LogP contribution in [0.15, 0.2) is 73.3 Å². The summed E-state index contributed by atoms with van der Waals surface area (Å²) in [4.78, 5) is 16.0. The van der Waals surface area contributed by atoms with Crippen LogP contribution in [0, 0.1) is 0 Å². The van der Waals surface area contributed by atoms with Crippen LogP contribution in [-0.2, 0) is 11.3 Å². The summed E-state index contributed by atoms with van der Waals surface area (Å²) in [5, 5.41) is 2.84. The van der Waals surface area contributed by atoms with Gasteiger partial charge in [-0.05, 0) is 17.7 Å². The molecule has 0 aliphatic carbocycles. The fraction of sp³-hybridized carbons (Fsp3) is 0.111. The van der Waals surface area contributed by atoms with Gasteiger partial charge in [0, 0.05) is 18.9 Å². The van der Waals surface area contributed by atoms with Gasteiger partial charge < -0.3 is 14.6 Å². The van der Waals surface area contributed by atoms with E-state index < -0.39 is 0 Å².